The monoisotopic (exact) mass is 360 g/mol. The van der Waals surface area contributed by atoms with Crippen LogP contribution in [0.5, 0.6) is 0 Å². The molecule has 0 bridgehead atoms. The number of benzene rings is 3. The van der Waals surface area contributed by atoms with Crippen molar-refractivity contribution >= 4 is 6.29 Å². The first kappa shape index (κ1) is 19.0. The summed E-state index contributed by atoms with van der Waals surface area (Å²) in [6.07, 6.45) is 0.871. The zero-order valence-corrected chi connectivity index (χ0v) is 15.5. The van der Waals surface area contributed by atoms with E-state index in [1.165, 1.54) is 0 Å². The SMILES string of the molecule is CO[C@H](CC=O)COC(c1ccccc1)(c1ccccc1)c1ccccc1. The van der Waals surface area contributed by atoms with Crippen LogP contribution in [0.2, 0.25) is 0 Å². The Morgan fingerprint density at radius 2 is 1.19 bits per heavy atom. The molecule has 0 radical (unpaired) electrons. The van der Waals surface area contributed by atoms with E-state index in [1.807, 2.05) is 54.6 Å². The van der Waals surface area contributed by atoms with Crippen LogP contribution in [0.1, 0.15) is 23.1 Å². The Bertz CT molecular complexity index is 719. The standard InChI is InChI=1S/C24H24O3/c1-26-23(17-18-25)19-27-24(20-11-5-2-6-12-20,21-13-7-3-8-14-21)22-15-9-4-10-16-22/h2-16,18,23H,17,19H2,1H3/t23-/m1/s1. The summed E-state index contributed by atoms with van der Waals surface area (Å²) in [5, 5.41) is 0. The second-order valence-electron chi connectivity index (χ2n) is 6.35. The highest BCUT2D eigenvalue weighted by Gasteiger charge is 2.38. The van der Waals surface area contributed by atoms with E-state index in [-0.39, 0.29) is 6.10 Å². The minimum Gasteiger partial charge on any atom is -0.379 e. The first-order valence-electron chi connectivity index (χ1n) is 9.08. The molecule has 27 heavy (non-hydrogen) atoms. The van der Waals surface area contributed by atoms with Crippen molar-refractivity contribution in [2.75, 3.05) is 13.7 Å². The summed E-state index contributed by atoms with van der Waals surface area (Å²) in [6.45, 7) is 0.300. The van der Waals surface area contributed by atoms with Gasteiger partial charge in [0.05, 0.1) is 12.7 Å². The fraction of sp³-hybridized carbons (Fsp3) is 0.208. The summed E-state index contributed by atoms with van der Waals surface area (Å²) in [5.41, 5.74) is 2.30. The molecule has 0 unspecified atom stereocenters. The molecule has 0 aliphatic carbocycles. The van der Waals surface area contributed by atoms with Gasteiger partial charge in [0.25, 0.3) is 0 Å². The molecule has 3 nitrogen and oxygen atoms in total. The number of carbonyl (C=O) groups excluding carboxylic acids is 1. The number of aldehydes is 1. The Morgan fingerprint density at radius 3 is 1.52 bits per heavy atom. The zero-order valence-electron chi connectivity index (χ0n) is 15.5. The molecule has 0 amide bonds. The fourth-order valence-corrected chi connectivity index (χ4v) is 3.33. The van der Waals surface area contributed by atoms with E-state index in [1.54, 1.807) is 7.11 Å². The molecule has 1 atom stereocenters. The van der Waals surface area contributed by atoms with Crippen molar-refractivity contribution in [2.45, 2.75) is 18.1 Å². The van der Waals surface area contributed by atoms with Gasteiger partial charge in [0, 0.05) is 13.5 Å². The van der Waals surface area contributed by atoms with Crippen molar-refractivity contribution in [1.82, 2.24) is 0 Å². The Labute approximate surface area is 160 Å². The van der Waals surface area contributed by atoms with E-state index in [9.17, 15) is 4.79 Å². The van der Waals surface area contributed by atoms with E-state index in [0.29, 0.717) is 13.0 Å². The van der Waals surface area contributed by atoms with Gasteiger partial charge in [-0.05, 0) is 16.7 Å². The van der Waals surface area contributed by atoms with Gasteiger partial charge >= 0.3 is 0 Å². The van der Waals surface area contributed by atoms with Gasteiger partial charge < -0.3 is 14.3 Å². The third-order valence-electron chi connectivity index (χ3n) is 4.72. The molecule has 0 aliphatic rings. The summed E-state index contributed by atoms with van der Waals surface area (Å²) in [5.74, 6) is 0. The van der Waals surface area contributed by atoms with E-state index in [2.05, 4.69) is 36.4 Å². The van der Waals surface area contributed by atoms with E-state index >= 15 is 0 Å². The zero-order chi connectivity index (χ0) is 19.0. The van der Waals surface area contributed by atoms with Crippen LogP contribution in [-0.4, -0.2) is 26.1 Å². The van der Waals surface area contributed by atoms with Crippen molar-refractivity contribution in [1.29, 1.82) is 0 Å². The third kappa shape index (κ3) is 4.16. The van der Waals surface area contributed by atoms with Gasteiger partial charge in [-0.15, -0.1) is 0 Å². The normalized spacial score (nSPS) is 12.5. The summed E-state index contributed by atoms with van der Waals surface area (Å²) < 4.78 is 12.0. The first-order chi connectivity index (χ1) is 13.3. The minimum atomic E-state index is -0.788. The first-order valence-corrected chi connectivity index (χ1v) is 9.08. The Hall–Kier alpha value is -2.75. The van der Waals surface area contributed by atoms with Crippen molar-refractivity contribution < 1.29 is 14.3 Å². The summed E-state index contributed by atoms with van der Waals surface area (Å²) in [6, 6.07) is 30.5. The summed E-state index contributed by atoms with van der Waals surface area (Å²) >= 11 is 0. The maximum absolute atomic E-state index is 11.0. The van der Waals surface area contributed by atoms with Crippen LogP contribution in [0.15, 0.2) is 91.0 Å². The lowest BCUT2D eigenvalue weighted by Crippen LogP contribution is -2.36. The lowest BCUT2D eigenvalue weighted by atomic mass is 9.80. The van der Waals surface area contributed by atoms with Crippen LogP contribution >= 0.6 is 0 Å². The quantitative estimate of drug-likeness (QED) is 0.413. The molecule has 0 fully saturated rings. The van der Waals surface area contributed by atoms with E-state index in [4.69, 9.17) is 9.47 Å². The molecular weight excluding hydrogens is 336 g/mol. The molecule has 0 aromatic heterocycles. The molecule has 3 rings (SSSR count). The predicted molar refractivity (Wildman–Crippen MR) is 107 cm³/mol. The maximum atomic E-state index is 11.0. The Balaban J connectivity index is 2.15. The number of hydrogen-bond donors (Lipinski definition) is 0. The smallest absolute Gasteiger partial charge is 0.143 e. The average Bonchev–Trinajstić information content (AvgIpc) is 2.75. The number of ether oxygens (including phenoxy) is 2. The van der Waals surface area contributed by atoms with Crippen LogP contribution in [0, 0.1) is 0 Å². The molecule has 0 saturated heterocycles. The molecule has 0 aliphatic heterocycles. The maximum Gasteiger partial charge on any atom is 0.143 e. The van der Waals surface area contributed by atoms with Crippen LogP contribution in [-0.2, 0) is 19.9 Å². The van der Waals surface area contributed by atoms with E-state index < -0.39 is 5.60 Å². The second kappa shape index (κ2) is 9.26. The third-order valence-corrected chi connectivity index (χ3v) is 4.72. The van der Waals surface area contributed by atoms with Crippen LogP contribution < -0.4 is 0 Å². The predicted octanol–water partition coefficient (Wildman–Crippen LogP) is 4.60. The molecule has 0 saturated carbocycles. The van der Waals surface area contributed by atoms with Gasteiger partial charge in [-0.1, -0.05) is 91.0 Å². The van der Waals surface area contributed by atoms with Crippen molar-refractivity contribution in [3.63, 3.8) is 0 Å². The molecular formula is C24H24O3. The average molecular weight is 360 g/mol. The van der Waals surface area contributed by atoms with Crippen LogP contribution in [0.25, 0.3) is 0 Å². The Kier molecular flexibility index (Phi) is 6.53. The van der Waals surface area contributed by atoms with E-state index in [0.717, 1.165) is 23.0 Å². The highest BCUT2D eigenvalue weighted by Crippen LogP contribution is 2.40. The van der Waals surface area contributed by atoms with Gasteiger partial charge in [0.15, 0.2) is 0 Å². The molecule has 3 aromatic carbocycles. The lowest BCUT2D eigenvalue weighted by Gasteiger charge is -2.36. The minimum absolute atomic E-state index is 0.294. The number of carbonyl (C=O) groups is 1. The number of rotatable bonds is 9. The molecule has 0 heterocycles. The van der Waals surface area contributed by atoms with Crippen molar-refractivity contribution in [2.24, 2.45) is 0 Å². The van der Waals surface area contributed by atoms with Crippen molar-refractivity contribution in [3.8, 4) is 0 Å². The second-order valence-corrected chi connectivity index (χ2v) is 6.35. The van der Waals surface area contributed by atoms with Gasteiger partial charge in [-0.2, -0.15) is 0 Å². The highest BCUT2D eigenvalue weighted by molar-refractivity contribution is 5.50. The molecule has 138 valence electrons. The topological polar surface area (TPSA) is 35.5 Å². The summed E-state index contributed by atoms with van der Waals surface area (Å²) in [4.78, 5) is 11.0. The molecule has 3 aromatic rings. The largest absolute Gasteiger partial charge is 0.379 e. The van der Waals surface area contributed by atoms with Crippen molar-refractivity contribution in [3.05, 3.63) is 108 Å². The van der Waals surface area contributed by atoms with Gasteiger partial charge in [-0.3, -0.25) is 0 Å². The fourth-order valence-electron chi connectivity index (χ4n) is 3.33. The van der Waals surface area contributed by atoms with Crippen LogP contribution in [0.4, 0.5) is 0 Å². The summed E-state index contributed by atoms with van der Waals surface area (Å²) in [7, 11) is 1.60. The number of methoxy groups -OCH3 is 1. The van der Waals surface area contributed by atoms with Crippen LogP contribution in [0.3, 0.4) is 0 Å². The number of hydrogen-bond acceptors (Lipinski definition) is 3. The van der Waals surface area contributed by atoms with Gasteiger partial charge in [0.1, 0.15) is 11.9 Å². The lowest BCUT2D eigenvalue weighted by molar-refractivity contribution is -0.112. The van der Waals surface area contributed by atoms with Gasteiger partial charge in [-0.25, -0.2) is 0 Å². The molecule has 0 N–H and O–H groups in total. The molecule has 0 spiro atoms. The highest BCUT2D eigenvalue weighted by atomic mass is 16.5. The van der Waals surface area contributed by atoms with Gasteiger partial charge in [0.2, 0.25) is 0 Å². The Morgan fingerprint density at radius 1 is 0.778 bits per heavy atom. The molecule has 3 heteroatoms.